The summed E-state index contributed by atoms with van der Waals surface area (Å²) in [6.07, 6.45) is 6.66. The van der Waals surface area contributed by atoms with Crippen LogP contribution >= 0.6 is 0 Å². The van der Waals surface area contributed by atoms with E-state index in [0.717, 1.165) is 31.6 Å². The molecule has 0 aromatic carbocycles. The molecule has 8 nitrogen and oxygen atoms in total. The van der Waals surface area contributed by atoms with Crippen LogP contribution in [0.2, 0.25) is 0 Å². The Morgan fingerprint density at radius 3 is 2.61 bits per heavy atom. The highest BCUT2D eigenvalue weighted by Crippen LogP contribution is 2.35. The molecule has 8 heteroatoms. The third kappa shape index (κ3) is 4.19. The van der Waals surface area contributed by atoms with Crippen LogP contribution in [0.15, 0.2) is 35.6 Å². The minimum Gasteiger partial charge on any atom is -0.488 e. The second-order valence-electron chi connectivity index (χ2n) is 8.23. The van der Waals surface area contributed by atoms with Gasteiger partial charge >= 0.3 is 0 Å². The zero-order valence-electron chi connectivity index (χ0n) is 18.4. The minimum atomic E-state index is -0.127. The summed E-state index contributed by atoms with van der Waals surface area (Å²) in [6, 6.07) is 5.56. The van der Waals surface area contributed by atoms with Gasteiger partial charge in [-0.25, -0.2) is 4.98 Å². The molecule has 4 heterocycles. The molecular formula is C23H29N5O3. The van der Waals surface area contributed by atoms with Crippen molar-refractivity contribution in [3.05, 3.63) is 41.6 Å². The first-order valence-electron chi connectivity index (χ1n) is 10.9. The maximum absolute atomic E-state index is 12.8. The van der Waals surface area contributed by atoms with Gasteiger partial charge in [-0.3, -0.25) is 19.1 Å². The van der Waals surface area contributed by atoms with Crippen molar-refractivity contribution >= 4 is 23.3 Å². The fourth-order valence-electron chi connectivity index (χ4n) is 4.03. The maximum atomic E-state index is 12.8. The first kappa shape index (κ1) is 21.1. The van der Waals surface area contributed by atoms with E-state index in [1.807, 2.05) is 35.8 Å². The number of nitrogens with zero attached hydrogens (tertiary/aromatic N) is 5. The number of rotatable bonds is 3. The molecule has 31 heavy (non-hydrogen) atoms. The van der Waals surface area contributed by atoms with Gasteiger partial charge < -0.3 is 14.5 Å². The van der Waals surface area contributed by atoms with E-state index in [9.17, 15) is 9.59 Å². The highest BCUT2D eigenvalue weighted by Gasteiger charge is 2.25. The maximum Gasteiger partial charge on any atom is 0.255 e. The normalized spacial score (nSPS) is 16.8. The number of carbonyl (C=O) groups is 2. The van der Waals surface area contributed by atoms with Crippen molar-refractivity contribution in [3.8, 4) is 5.75 Å². The van der Waals surface area contributed by atoms with E-state index in [-0.39, 0.29) is 17.7 Å². The van der Waals surface area contributed by atoms with Gasteiger partial charge in [0, 0.05) is 50.2 Å². The lowest BCUT2D eigenvalue weighted by Crippen LogP contribution is -2.36. The Morgan fingerprint density at radius 2 is 1.90 bits per heavy atom. The summed E-state index contributed by atoms with van der Waals surface area (Å²) < 4.78 is 7.42. The molecule has 1 fully saturated rings. The van der Waals surface area contributed by atoms with E-state index in [2.05, 4.69) is 9.98 Å². The number of pyridine rings is 2. The number of fused-ring (bicyclic) bond motifs is 1. The Labute approximate surface area is 182 Å². The molecule has 1 saturated heterocycles. The topological polar surface area (TPSA) is 80.0 Å². The van der Waals surface area contributed by atoms with Crippen LogP contribution in [0.25, 0.3) is 0 Å². The van der Waals surface area contributed by atoms with Crippen molar-refractivity contribution in [1.29, 1.82) is 0 Å². The molecule has 0 N–H and O–H groups in total. The summed E-state index contributed by atoms with van der Waals surface area (Å²) in [7, 11) is 1.67. The highest BCUT2D eigenvalue weighted by molar-refractivity contribution is 5.95. The molecular weight excluding hydrogens is 394 g/mol. The Bertz CT molecular complexity index is 1050. The molecule has 2 aromatic rings. The number of likely N-dealkylation sites (tertiary alicyclic amines) is 1. The smallest absolute Gasteiger partial charge is 0.255 e. The van der Waals surface area contributed by atoms with Gasteiger partial charge in [0.2, 0.25) is 5.91 Å². The molecule has 2 aliphatic heterocycles. The summed E-state index contributed by atoms with van der Waals surface area (Å²) >= 11 is 0. The average molecular weight is 424 g/mol. The van der Waals surface area contributed by atoms with Gasteiger partial charge in [-0.05, 0) is 31.4 Å². The van der Waals surface area contributed by atoms with Gasteiger partial charge in [-0.2, -0.15) is 0 Å². The standard InChI is InChI=1S/C23H29N5O3/c1-16(2)22(29)28-10-7-18(14-20(28)24-3)27-11-12-31-19-13-17(15-25-21(19)27)23(30)26-8-5-4-6-9-26/h7,10,13-16H,4-6,8-9,11-12H2,1-3H3/b24-20-. The highest BCUT2D eigenvalue weighted by atomic mass is 16.5. The summed E-state index contributed by atoms with van der Waals surface area (Å²) in [4.78, 5) is 38.1. The number of carbonyl (C=O) groups excluding carboxylic acids is 2. The minimum absolute atomic E-state index is 0.00600. The predicted octanol–water partition coefficient (Wildman–Crippen LogP) is 2.87. The third-order valence-corrected chi connectivity index (χ3v) is 5.74. The number of piperidine rings is 1. The van der Waals surface area contributed by atoms with E-state index < -0.39 is 0 Å². The zero-order valence-corrected chi connectivity index (χ0v) is 18.4. The van der Waals surface area contributed by atoms with Crippen LogP contribution in [0.3, 0.4) is 0 Å². The number of amides is 1. The Kier molecular flexibility index (Phi) is 6.06. The van der Waals surface area contributed by atoms with Crippen LogP contribution in [0, 0.1) is 5.92 Å². The van der Waals surface area contributed by atoms with Crippen LogP contribution in [0.5, 0.6) is 5.75 Å². The van der Waals surface area contributed by atoms with Crippen LogP contribution < -0.4 is 15.1 Å². The van der Waals surface area contributed by atoms with Gasteiger partial charge in [-0.1, -0.05) is 13.8 Å². The van der Waals surface area contributed by atoms with Crippen molar-refractivity contribution < 1.29 is 14.3 Å². The van der Waals surface area contributed by atoms with Gasteiger partial charge in [0.05, 0.1) is 12.1 Å². The molecule has 0 aliphatic carbocycles. The van der Waals surface area contributed by atoms with E-state index in [0.29, 0.717) is 35.8 Å². The molecule has 0 saturated carbocycles. The van der Waals surface area contributed by atoms with Crippen molar-refractivity contribution in [2.45, 2.75) is 33.1 Å². The van der Waals surface area contributed by atoms with Crippen LogP contribution in [0.1, 0.15) is 48.3 Å². The predicted molar refractivity (Wildman–Crippen MR) is 118 cm³/mol. The van der Waals surface area contributed by atoms with Crippen molar-refractivity contribution in [2.75, 3.05) is 38.2 Å². The largest absolute Gasteiger partial charge is 0.488 e. The number of anilines is 2. The molecule has 0 bridgehead atoms. The Hall–Kier alpha value is -3.16. The monoisotopic (exact) mass is 423 g/mol. The summed E-state index contributed by atoms with van der Waals surface area (Å²) in [5, 5.41) is 0. The molecule has 0 atom stereocenters. The van der Waals surface area contributed by atoms with Crippen LogP contribution in [-0.2, 0) is 0 Å². The molecule has 0 unspecified atom stereocenters. The first-order chi connectivity index (χ1) is 15.0. The molecule has 164 valence electrons. The number of hydrogen-bond acceptors (Lipinski definition) is 6. The van der Waals surface area contributed by atoms with Gasteiger partial charge in [0.1, 0.15) is 12.1 Å². The van der Waals surface area contributed by atoms with E-state index >= 15 is 0 Å². The summed E-state index contributed by atoms with van der Waals surface area (Å²) in [6.45, 7) is 6.43. The number of hydrogen-bond donors (Lipinski definition) is 0. The fraction of sp³-hybridized carbons (Fsp3) is 0.478. The summed E-state index contributed by atoms with van der Waals surface area (Å²) in [5.41, 5.74) is 2.02. The Morgan fingerprint density at radius 1 is 1.13 bits per heavy atom. The SMILES string of the molecule is C/N=c1/cc(N2CCOc3cc(C(=O)N4CCCCC4)cnc32)ccn1C(=O)C(C)C. The second-order valence-corrected chi connectivity index (χ2v) is 8.23. The lowest BCUT2D eigenvalue weighted by atomic mass is 10.1. The van der Waals surface area contributed by atoms with Crippen LogP contribution in [0.4, 0.5) is 11.5 Å². The second kappa shape index (κ2) is 8.91. The van der Waals surface area contributed by atoms with Crippen molar-refractivity contribution in [1.82, 2.24) is 14.5 Å². The molecule has 0 spiro atoms. The molecule has 0 radical (unpaired) electrons. The molecule has 2 aliphatic rings. The van der Waals surface area contributed by atoms with E-state index in [4.69, 9.17) is 4.74 Å². The molecule has 2 aromatic heterocycles. The van der Waals surface area contributed by atoms with E-state index in [1.54, 1.807) is 30.1 Å². The quantitative estimate of drug-likeness (QED) is 0.758. The Balaban J connectivity index is 1.64. The van der Waals surface area contributed by atoms with Gasteiger partial charge in [-0.15, -0.1) is 0 Å². The van der Waals surface area contributed by atoms with Gasteiger partial charge in [0.15, 0.2) is 11.6 Å². The van der Waals surface area contributed by atoms with Gasteiger partial charge in [0.25, 0.3) is 5.91 Å². The number of aromatic nitrogens is 2. The van der Waals surface area contributed by atoms with Crippen molar-refractivity contribution in [3.63, 3.8) is 0 Å². The fourth-order valence-corrected chi connectivity index (χ4v) is 4.03. The third-order valence-electron chi connectivity index (χ3n) is 5.74. The van der Waals surface area contributed by atoms with Crippen molar-refractivity contribution in [2.24, 2.45) is 10.9 Å². The number of ether oxygens (including phenoxy) is 1. The zero-order chi connectivity index (χ0) is 22.0. The molecule has 4 rings (SSSR count). The summed E-state index contributed by atoms with van der Waals surface area (Å²) in [5.74, 6) is 1.14. The lowest BCUT2D eigenvalue weighted by molar-refractivity contribution is 0.0723. The molecule has 1 amide bonds. The van der Waals surface area contributed by atoms with E-state index in [1.165, 1.54) is 6.42 Å². The lowest BCUT2D eigenvalue weighted by Gasteiger charge is -2.31. The first-order valence-corrected chi connectivity index (χ1v) is 10.9. The van der Waals surface area contributed by atoms with Crippen LogP contribution in [-0.4, -0.2) is 59.6 Å². The average Bonchev–Trinajstić information content (AvgIpc) is 2.82.